The second-order valence-corrected chi connectivity index (χ2v) is 7.36. The van der Waals surface area contributed by atoms with Gasteiger partial charge in [-0.25, -0.2) is 4.98 Å². The molecule has 0 N–H and O–H groups in total. The van der Waals surface area contributed by atoms with Gasteiger partial charge >= 0.3 is 5.97 Å². The summed E-state index contributed by atoms with van der Waals surface area (Å²) >= 11 is 5.88. The first-order valence-corrected chi connectivity index (χ1v) is 8.91. The van der Waals surface area contributed by atoms with E-state index >= 15 is 0 Å². The molecular weight excluding hydrogens is 326 g/mol. The highest BCUT2D eigenvalue weighted by molar-refractivity contribution is 6.30. The molecule has 1 aromatic carbocycles. The van der Waals surface area contributed by atoms with Crippen LogP contribution < -0.4 is 0 Å². The lowest BCUT2D eigenvalue weighted by Crippen LogP contribution is -2.16. The van der Waals surface area contributed by atoms with Gasteiger partial charge in [0, 0.05) is 17.0 Å². The molecule has 2 aromatic rings. The van der Waals surface area contributed by atoms with Crippen molar-refractivity contribution in [2.45, 2.75) is 38.7 Å². The predicted molar refractivity (Wildman–Crippen MR) is 90.3 cm³/mol. The van der Waals surface area contributed by atoms with Gasteiger partial charge in [0.25, 0.3) is 0 Å². The zero-order valence-electron chi connectivity index (χ0n) is 13.4. The summed E-state index contributed by atoms with van der Waals surface area (Å²) in [6.45, 7) is 0.0905. The van der Waals surface area contributed by atoms with Gasteiger partial charge in [-0.2, -0.15) is 0 Å². The Morgan fingerprint density at radius 2 is 2.08 bits per heavy atom. The molecule has 2 bridgehead atoms. The van der Waals surface area contributed by atoms with E-state index in [1.807, 2.05) is 12.1 Å². The van der Waals surface area contributed by atoms with Gasteiger partial charge in [-0.05, 0) is 61.3 Å². The number of halogens is 1. The quantitative estimate of drug-likeness (QED) is 0.726. The molecule has 2 fully saturated rings. The van der Waals surface area contributed by atoms with Gasteiger partial charge in [-0.3, -0.25) is 4.79 Å². The predicted octanol–water partition coefficient (Wildman–Crippen LogP) is 4.86. The molecule has 2 saturated carbocycles. The molecule has 1 heterocycles. The monoisotopic (exact) mass is 345 g/mol. The highest BCUT2D eigenvalue weighted by Crippen LogP contribution is 2.49. The van der Waals surface area contributed by atoms with Crippen LogP contribution in [0, 0.1) is 17.8 Å². The molecule has 3 atom stereocenters. The molecular formula is C19H20ClNO3. The van der Waals surface area contributed by atoms with E-state index < -0.39 is 0 Å². The van der Waals surface area contributed by atoms with Gasteiger partial charge in [0.1, 0.15) is 0 Å². The van der Waals surface area contributed by atoms with Gasteiger partial charge in [0.05, 0.1) is 6.20 Å². The molecule has 4 rings (SSSR count). The summed E-state index contributed by atoms with van der Waals surface area (Å²) in [4.78, 5) is 16.2. The summed E-state index contributed by atoms with van der Waals surface area (Å²) in [5.74, 6) is 3.03. The standard InChI is InChI=1S/C19H20ClNO3/c20-16-5-3-13(4-6-16)17-10-21-18(24-17)11-23-19(22)9-15-8-12-1-2-14(15)7-12/h3-6,10,12,14-15H,1-2,7-9,11H2/t12-,14+,15+/m0/s1. The van der Waals surface area contributed by atoms with Gasteiger partial charge in [0.15, 0.2) is 12.4 Å². The molecule has 0 amide bonds. The Bertz CT molecular complexity index is 724. The van der Waals surface area contributed by atoms with E-state index in [0.717, 1.165) is 17.4 Å². The van der Waals surface area contributed by atoms with Crippen LogP contribution in [0.4, 0.5) is 0 Å². The van der Waals surface area contributed by atoms with Crippen molar-refractivity contribution in [1.82, 2.24) is 4.98 Å². The van der Waals surface area contributed by atoms with E-state index in [-0.39, 0.29) is 12.6 Å². The Morgan fingerprint density at radius 1 is 1.25 bits per heavy atom. The molecule has 4 nitrogen and oxygen atoms in total. The lowest BCUT2D eigenvalue weighted by atomic mass is 9.86. The molecule has 24 heavy (non-hydrogen) atoms. The second-order valence-electron chi connectivity index (χ2n) is 6.92. The third-order valence-corrected chi connectivity index (χ3v) is 5.60. The molecule has 0 radical (unpaired) electrons. The van der Waals surface area contributed by atoms with Crippen LogP contribution in [0.5, 0.6) is 0 Å². The maximum Gasteiger partial charge on any atom is 0.306 e. The van der Waals surface area contributed by atoms with Crippen LogP contribution in [0.15, 0.2) is 34.9 Å². The fourth-order valence-corrected chi connectivity index (χ4v) is 4.29. The summed E-state index contributed by atoms with van der Waals surface area (Å²) in [5.41, 5.74) is 0.895. The zero-order chi connectivity index (χ0) is 16.5. The summed E-state index contributed by atoms with van der Waals surface area (Å²) in [5, 5.41) is 0.674. The number of nitrogens with zero attached hydrogens (tertiary/aromatic N) is 1. The Hall–Kier alpha value is -1.81. The van der Waals surface area contributed by atoms with E-state index in [0.29, 0.717) is 29.0 Å². The number of ether oxygens (including phenoxy) is 1. The van der Waals surface area contributed by atoms with Crippen molar-refractivity contribution in [2.24, 2.45) is 17.8 Å². The molecule has 0 saturated heterocycles. The van der Waals surface area contributed by atoms with Crippen LogP contribution in [-0.4, -0.2) is 11.0 Å². The van der Waals surface area contributed by atoms with Crippen LogP contribution in [0.25, 0.3) is 11.3 Å². The van der Waals surface area contributed by atoms with Crippen molar-refractivity contribution in [3.05, 3.63) is 41.4 Å². The van der Waals surface area contributed by atoms with Crippen LogP contribution in [0.2, 0.25) is 5.02 Å². The number of benzene rings is 1. The number of oxazole rings is 1. The van der Waals surface area contributed by atoms with Crippen molar-refractivity contribution in [2.75, 3.05) is 0 Å². The van der Waals surface area contributed by atoms with E-state index in [2.05, 4.69) is 4.98 Å². The van der Waals surface area contributed by atoms with Crippen LogP contribution >= 0.6 is 11.6 Å². The number of carbonyl (C=O) groups is 1. The summed E-state index contributed by atoms with van der Waals surface area (Å²) in [7, 11) is 0. The van der Waals surface area contributed by atoms with Crippen molar-refractivity contribution in [3.63, 3.8) is 0 Å². The number of hydrogen-bond donors (Lipinski definition) is 0. The van der Waals surface area contributed by atoms with Gasteiger partial charge in [-0.1, -0.05) is 18.0 Å². The smallest absolute Gasteiger partial charge is 0.306 e. The summed E-state index contributed by atoms with van der Waals surface area (Å²) in [6.07, 6.45) is 7.31. The van der Waals surface area contributed by atoms with Gasteiger partial charge in [-0.15, -0.1) is 0 Å². The molecule has 5 heteroatoms. The van der Waals surface area contributed by atoms with E-state index in [1.54, 1.807) is 18.3 Å². The largest absolute Gasteiger partial charge is 0.456 e. The lowest BCUT2D eigenvalue weighted by Gasteiger charge is -2.20. The fraction of sp³-hybridized carbons (Fsp3) is 0.474. The highest BCUT2D eigenvalue weighted by Gasteiger charge is 2.40. The molecule has 126 valence electrons. The lowest BCUT2D eigenvalue weighted by molar-refractivity contribution is -0.147. The minimum absolute atomic E-state index is 0.0905. The Labute approximate surface area is 146 Å². The van der Waals surface area contributed by atoms with Crippen molar-refractivity contribution < 1.29 is 13.9 Å². The van der Waals surface area contributed by atoms with E-state index in [9.17, 15) is 4.79 Å². The molecule has 2 aliphatic carbocycles. The van der Waals surface area contributed by atoms with Crippen LogP contribution in [-0.2, 0) is 16.1 Å². The number of carbonyl (C=O) groups excluding carboxylic acids is 1. The van der Waals surface area contributed by atoms with Crippen molar-refractivity contribution in [1.29, 1.82) is 0 Å². The minimum Gasteiger partial charge on any atom is -0.456 e. The Morgan fingerprint density at radius 3 is 2.79 bits per heavy atom. The van der Waals surface area contributed by atoms with E-state index in [1.165, 1.54) is 25.7 Å². The average molecular weight is 346 g/mol. The van der Waals surface area contributed by atoms with Crippen molar-refractivity contribution in [3.8, 4) is 11.3 Å². The molecule has 2 aliphatic rings. The van der Waals surface area contributed by atoms with Crippen LogP contribution in [0.1, 0.15) is 38.0 Å². The van der Waals surface area contributed by atoms with Crippen LogP contribution in [0.3, 0.4) is 0 Å². The molecule has 1 aromatic heterocycles. The third kappa shape index (κ3) is 3.34. The maximum atomic E-state index is 12.1. The topological polar surface area (TPSA) is 52.3 Å². The number of hydrogen-bond acceptors (Lipinski definition) is 4. The first-order chi connectivity index (χ1) is 11.7. The first-order valence-electron chi connectivity index (χ1n) is 8.53. The van der Waals surface area contributed by atoms with Gasteiger partial charge < -0.3 is 9.15 Å². The molecule has 0 spiro atoms. The summed E-state index contributed by atoms with van der Waals surface area (Å²) in [6, 6.07) is 7.34. The fourth-order valence-electron chi connectivity index (χ4n) is 4.17. The maximum absolute atomic E-state index is 12.1. The molecule has 0 unspecified atom stereocenters. The number of aromatic nitrogens is 1. The Balaban J connectivity index is 1.30. The summed E-state index contributed by atoms with van der Waals surface area (Å²) < 4.78 is 11.0. The normalized spacial score (nSPS) is 25.1. The number of esters is 1. The SMILES string of the molecule is O=C(C[C@H]1C[C@H]2CC[C@@H]1C2)OCc1ncc(-c2ccc(Cl)cc2)o1. The number of rotatable bonds is 5. The minimum atomic E-state index is -0.140. The highest BCUT2D eigenvalue weighted by atomic mass is 35.5. The van der Waals surface area contributed by atoms with Crippen molar-refractivity contribution >= 4 is 17.6 Å². The van der Waals surface area contributed by atoms with E-state index in [4.69, 9.17) is 20.8 Å². The third-order valence-electron chi connectivity index (χ3n) is 5.35. The number of fused-ring (bicyclic) bond motifs is 2. The molecule has 0 aliphatic heterocycles. The first kappa shape index (κ1) is 15.7. The zero-order valence-corrected chi connectivity index (χ0v) is 14.2. The second kappa shape index (κ2) is 6.60. The average Bonchev–Trinajstić information content (AvgIpc) is 3.30. The van der Waals surface area contributed by atoms with Gasteiger partial charge in [0.2, 0.25) is 5.89 Å². The Kier molecular flexibility index (Phi) is 4.31.